The number of halogens is 3. The molecule has 1 heterocycles. The van der Waals surface area contributed by atoms with Crippen molar-refractivity contribution in [3.63, 3.8) is 0 Å². The average molecular weight is 206 g/mol. The summed E-state index contributed by atoms with van der Waals surface area (Å²) in [6, 6.07) is 0.631. The van der Waals surface area contributed by atoms with E-state index in [-0.39, 0.29) is 17.8 Å². The number of aromatic nitrogens is 1. The molecule has 0 aliphatic rings. The molecule has 0 aliphatic carbocycles. The number of nitrogens with zero attached hydrogens (tertiary/aromatic N) is 1. The first-order valence-electron chi connectivity index (χ1n) is 3.87. The molecule has 1 rings (SSSR count). The third-order valence-corrected chi connectivity index (χ3v) is 1.80. The maximum atomic E-state index is 12.7. The normalized spacial score (nSPS) is 11.0. The zero-order valence-electron chi connectivity index (χ0n) is 7.17. The molecule has 1 aromatic rings. The highest BCUT2D eigenvalue weighted by molar-refractivity contribution is 5.31. The van der Waals surface area contributed by atoms with Gasteiger partial charge in [-0.15, -0.1) is 0 Å². The summed E-state index contributed by atoms with van der Waals surface area (Å²) >= 11 is 0. The molecule has 0 unspecified atom stereocenters. The van der Waals surface area contributed by atoms with Gasteiger partial charge in [0.15, 0.2) is 0 Å². The van der Waals surface area contributed by atoms with E-state index >= 15 is 0 Å². The Labute approximate surface area is 78.4 Å². The number of aliphatic hydroxyl groups is 1. The van der Waals surface area contributed by atoms with Gasteiger partial charge in [-0.05, 0) is 5.56 Å². The lowest BCUT2D eigenvalue weighted by Gasteiger charge is -2.10. The Kier molecular flexibility index (Phi) is 3.43. The quantitative estimate of drug-likeness (QED) is 0.728. The van der Waals surface area contributed by atoms with Crippen molar-refractivity contribution in [2.24, 2.45) is 5.73 Å². The van der Waals surface area contributed by atoms with Crippen LogP contribution in [0.2, 0.25) is 0 Å². The fourth-order valence-electron chi connectivity index (χ4n) is 1.17. The fraction of sp³-hybridized carbons (Fsp3) is 0.375. The summed E-state index contributed by atoms with van der Waals surface area (Å²) in [5, 5.41) is 8.75. The van der Waals surface area contributed by atoms with E-state index in [9.17, 15) is 13.2 Å². The van der Waals surface area contributed by atoms with Gasteiger partial charge in [0.2, 0.25) is 5.95 Å². The zero-order valence-corrected chi connectivity index (χ0v) is 7.17. The lowest BCUT2D eigenvalue weighted by Crippen LogP contribution is -2.10. The van der Waals surface area contributed by atoms with E-state index in [0.717, 1.165) is 0 Å². The second kappa shape index (κ2) is 4.39. The van der Waals surface area contributed by atoms with Gasteiger partial charge in [0.25, 0.3) is 6.43 Å². The molecule has 0 bridgehead atoms. The van der Waals surface area contributed by atoms with Crippen molar-refractivity contribution >= 4 is 0 Å². The Bertz CT molecular complexity index is 331. The molecule has 0 amide bonds. The van der Waals surface area contributed by atoms with E-state index in [4.69, 9.17) is 10.8 Å². The highest BCUT2D eigenvalue weighted by Crippen LogP contribution is 2.25. The molecule has 0 atom stereocenters. The Morgan fingerprint density at radius 2 is 2.14 bits per heavy atom. The van der Waals surface area contributed by atoms with Crippen LogP contribution >= 0.6 is 0 Å². The number of hydrogen-bond acceptors (Lipinski definition) is 3. The molecule has 6 heteroatoms. The molecule has 0 aromatic carbocycles. The maximum Gasteiger partial charge on any atom is 0.264 e. The number of pyridine rings is 1. The Morgan fingerprint density at radius 1 is 1.50 bits per heavy atom. The SMILES string of the molecule is NCc1c(C(F)F)cc(F)nc1CO. The van der Waals surface area contributed by atoms with Crippen molar-refractivity contribution in [1.29, 1.82) is 0 Å². The molecule has 3 N–H and O–H groups in total. The van der Waals surface area contributed by atoms with Crippen LogP contribution in [0.1, 0.15) is 23.2 Å². The first kappa shape index (κ1) is 10.9. The van der Waals surface area contributed by atoms with Crippen molar-refractivity contribution < 1.29 is 18.3 Å². The van der Waals surface area contributed by atoms with Gasteiger partial charge in [0.05, 0.1) is 12.3 Å². The number of rotatable bonds is 3. The van der Waals surface area contributed by atoms with Crippen LogP contribution in [0.5, 0.6) is 0 Å². The minimum absolute atomic E-state index is 0.00361. The van der Waals surface area contributed by atoms with Gasteiger partial charge < -0.3 is 10.8 Å². The standard InChI is InChI=1S/C8H9F3N2O/c9-7-1-4(8(10)11)5(2-12)6(3-14)13-7/h1,8,14H,2-3,12H2. The number of hydrogen-bond donors (Lipinski definition) is 2. The van der Waals surface area contributed by atoms with Crippen LogP contribution in [-0.4, -0.2) is 10.1 Å². The molecule has 0 radical (unpaired) electrons. The smallest absolute Gasteiger partial charge is 0.264 e. The van der Waals surface area contributed by atoms with Gasteiger partial charge in [0, 0.05) is 18.2 Å². The molecule has 0 saturated heterocycles. The van der Waals surface area contributed by atoms with Crippen LogP contribution in [0.3, 0.4) is 0 Å². The number of aliphatic hydroxyl groups excluding tert-OH is 1. The summed E-state index contributed by atoms with van der Waals surface area (Å²) < 4.78 is 37.5. The number of alkyl halides is 2. The van der Waals surface area contributed by atoms with Crippen molar-refractivity contribution in [3.8, 4) is 0 Å². The summed E-state index contributed by atoms with van der Waals surface area (Å²) in [5.74, 6) is -1.04. The summed E-state index contributed by atoms with van der Waals surface area (Å²) in [5.41, 5.74) is 4.57. The predicted octanol–water partition coefficient (Wildman–Crippen LogP) is 1.11. The monoisotopic (exact) mass is 206 g/mol. The molecule has 0 spiro atoms. The Hall–Kier alpha value is -1.14. The highest BCUT2D eigenvalue weighted by atomic mass is 19.3. The van der Waals surface area contributed by atoms with E-state index in [1.165, 1.54) is 0 Å². The molecular weight excluding hydrogens is 197 g/mol. The lowest BCUT2D eigenvalue weighted by atomic mass is 10.1. The van der Waals surface area contributed by atoms with Crippen LogP contribution in [0.4, 0.5) is 13.2 Å². The van der Waals surface area contributed by atoms with Crippen LogP contribution in [0.15, 0.2) is 6.07 Å². The summed E-state index contributed by atoms with van der Waals surface area (Å²) in [7, 11) is 0. The van der Waals surface area contributed by atoms with E-state index < -0.39 is 24.5 Å². The molecular formula is C8H9F3N2O. The molecule has 0 aliphatic heterocycles. The average Bonchev–Trinajstić information content (AvgIpc) is 2.16. The van der Waals surface area contributed by atoms with Gasteiger partial charge in [-0.2, -0.15) is 4.39 Å². The van der Waals surface area contributed by atoms with Crippen molar-refractivity contribution in [2.75, 3.05) is 0 Å². The lowest BCUT2D eigenvalue weighted by molar-refractivity contribution is 0.149. The van der Waals surface area contributed by atoms with Crippen molar-refractivity contribution in [2.45, 2.75) is 19.6 Å². The molecule has 78 valence electrons. The van der Waals surface area contributed by atoms with Gasteiger partial charge in [0.1, 0.15) is 0 Å². The Balaban J connectivity index is 3.31. The van der Waals surface area contributed by atoms with Crippen LogP contribution < -0.4 is 5.73 Å². The summed E-state index contributed by atoms with van der Waals surface area (Å²) in [4.78, 5) is 3.28. The van der Waals surface area contributed by atoms with Gasteiger partial charge in [-0.1, -0.05) is 0 Å². The molecule has 14 heavy (non-hydrogen) atoms. The minimum atomic E-state index is -2.82. The van der Waals surface area contributed by atoms with Gasteiger partial charge in [-0.3, -0.25) is 0 Å². The third kappa shape index (κ3) is 2.02. The highest BCUT2D eigenvalue weighted by Gasteiger charge is 2.17. The predicted molar refractivity (Wildman–Crippen MR) is 43.0 cm³/mol. The molecule has 0 saturated carbocycles. The number of nitrogens with two attached hydrogens (primary N) is 1. The summed E-state index contributed by atoms with van der Waals surface area (Å²) in [6.45, 7) is -0.813. The van der Waals surface area contributed by atoms with Crippen LogP contribution in [0, 0.1) is 5.95 Å². The van der Waals surface area contributed by atoms with Gasteiger partial charge >= 0.3 is 0 Å². The zero-order chi connectivity index (χ0) is 10.7. The Morgan fingerprint density at radius 3 is 2.57 bits per heavy atom. The maximum absolute atomic E-state index is 12.7. The fourth-order valence-corrected chi connectivity index (χ4v) is 1.17. The van der Waals surface area contributed by atoms with Crippen molar-refractivity contribution in [3.05, 3.63) is 28.8 Å². The largest absolute Gasteiger partial charge is 0.390 e. The first-order chi connectivity index (χ1) is 6.60. The van der Waals surface area contributed by atoms with Crippen LogP contribution in [0.25, 0.3) is 0 Å². The first-order valence-corrected chi connectivity index (χ1v) is 3.87. The second-order valence-corrected chi connectivity index (χ2v) is 2.62. The van der Waals surface area contributed by atoms with E-state index in [1.54, 1.807) is 0 Å². The minimum Gasteiger partial charge on any atom is -0.390 e. The molecule has 3 nitrogen and oxygen atoms in total. The van der Waals surface area contributed by atoms with Crippen LogP contribution in [-0.2, 0) is 13.2 Å². The topological polar surface area (TPSA) is 59.1 Å². The second-order valence-electron chi connectivity index (χ2n) is 2.62. The van der Waals surface area contributed by atoms with E-state index in [1.807, 2.05) is 0 Å². The van der Waals surface area contributed by atoms with Gasteiger partial charge in [-0.25, -0.2) is 13.8 Å². The summed E-state index contributed by atoms with van der Waals surface area (Å²) in [6.07, 6.45) is -2.82. The molecule has 0 fully saturated rings. The van der Waals surface area contributed by atoms with E-state index in [0.29, 0.717) is 6.07 Å². The third-order valence-electron chi connectivity index (χ3n) is 1.80. The molecule has 1 aromatic heterocycles. The van der Waals surface area contributed by atoms with E-state index in [2.05, 4.69) is 4.98 Å². The van der Waals surface area contributed by atoms with Crippen molar-refractivity contribution in [1.82, 2.24) is 4.98 Å².